The normalized spacial score (nSPS) is 22.2. The van der Waals surface area contributed by atoms with E-state index in [2.05, 4.69) is 66.5 Å². The molecule has 1 aliphatic heterocycles. The Morgan fingerprint density at radius 2 is 1.69 bits per heavy atom. The third-order valence-corrected chi connectivity index (χ3v) is 5.81. The van der Waals surface area contributed by atoms with Crippen LogP contribution in [0.4, 0.5) is 10.5 Å². The van der Waals surface area contributed by atoms with E-state index in [1.54, 1.807) is 0 Å². The first-order valence-corrected chi connectivity index (χ1v) is 9.55. The van der Waals surface area contributed by atoms with E-state index in [4.69, 9.17) is 0 Å². The largest absolute Gasteiger partial charge is 0.368 e. The van der Waals surface area contributed by atoms with Gasteiger partial charge in [0.15, 0.2) is 0 Å². The molecule has 0 aromatic heterocycles. The van der Waals surface area contributed by atoms with Crippen molar-refractivity contribution in [1.82, 2.24) is 10.2 Å². The molecule has 0 spiro atoms. The Bertz CT molecular complexity index is 781. The highest BCUT2D eigenvalue weighted by Gasteiger charge is 2.40. The molecular weight excluding hydrogens is 322 g/mol. The van der Waals surface area contributed by atoms with Crippen LogP contribution in [0.5, 0.6) is 0 Å². The second-order valence-electron chi connectivity index (χ2n) is 7.50. The Hall–Kier alpha value is -2.49. The van der Waals surface area contributed by atoms with E-state index >= 15 is 0 Å². The Morgan fingerprint density at radius 1 is 0.962 bits per heavy atom. The van der Waals surface area contributed by atoms with E-state index in [0.29, 0.717) is 12.0 Å². The molecule has 4 rings (SSSR count). The van der Waals surface area contributed by atoms with Gasteiger partial charge in [-0.1, -0.05) is 42.5 Å². The average molecular weight is 349 g/mol. The van der Waals surface area contributed by atoms with Gasteiger partial charge in [0.05, 0.1) is 0 Å². The lowest BCUT2D eigenvalue weighted by Crippen LogP contribution is -2.52. The highest BCUT2D eigenvalue weighted by molar-refractivity contribution is 5.75. The Kier molecular flexibility index (Phi) is 4.58. The van der Waals surface area contributed by atoms with Crippen molar-refractivity contribution in [3.63, 3.8) is 0 Å². The molecule has 4 heteroatoms. The van der Waals surface area contributed by atoms with Crippen molar-refractivity contribution in [2.75, 3.05) is 31.1 Å². The van der Waals surface area contributed by atoms with Gasteiger partial charge in [0.2, 0.25) is 0 Å². The molecule has 26 heavy (non-hydrogen) atoms. The molecule has 2 aromatic carbocycles. The zero-order valence-electron chi connectivity index (χ0n) is 15.6. The number of amides is 2. The summed E-state index contributed by atoms with van der Waals surface area (Å²) >= 11 is 0. The molecule has 1 heterocycles. The third kappa shape index (κ3) is 3.41. The van der Waals surface area contributed by atoms with Crippen molar-refractivity contribution in [3.8, 4) is 0 Å². The van der Waals surface area contributed by atoms with Crippen LogP contribution in [0.2, 0.25) is 0 Å². The van der Waals surface area contributed by atoms with E-state index < -0.39 is 0 Å². The van der Waals surface area contributed by atoms with Gasteiger partial charge < -0.3 is 15.1 Å². The highest BCUT2D eigenvalue weighted by atomic mass is 16.2. The summed E-state index contributed by atoms with van der Waals surface area (Å²) in [5.41, 5.74) is 5.30. The van der Waals surface area contributed by atoms with E-state index in [0.717, 1.165) is 32.6 Å². The number of aryl methyl sites for hydroxylation is 1. The van der Waals surface area contributed by atoms with E-state index in [-0.39, 0.29) is 6.03 Å². The van der Waals surface area contributed by atoms with Crippen LogP contribution in [0.1, 0.15) is 29.0 Å². The summed E-state index contributed by atoms with van der Waals surface area (Å²) < 4.78 is 0. The molecule has 0 bridgehead atoms. The second kappa shape index (κ2) is 7.02. The molecule has 2 atom stereocenters. The topological polar surface area (TPSA) is 35.6 Å². The number of anilines is 1. The van der Waals surface area contributed by atoms with Crippen molar-refractivity contribution in [3.05, 3.63) is 65.2 Å². The molecule has 2 aromatic rings. The first-order chi connectivity index (χ1) is 12.6. The number of nitrogens with one attached hydrogen (secondary N) is 1. The minimum absolute atomic E-state index is 0.0917. The third-order valence-electron chi connectivity index (χ3n) is 5.81. The monoisotopic (exact) mass is 349 g/mol. The molecule has 2 aliphatic rings. The maximum absolute atomic E-state index is 12.6. The number of nitrogens with zero attached hydrogens (tertiary/aromatic N) is 2. The van der Waals surface area contributed by atoms with Crippen LogP contribution in [0.25, 0.3) is 0 Å². The molecule has 2 amide bonds. The number of carbonyl (C=O) groups excluding carboxylic acids is 1. The fourth-order valence-corrected chi connectivity index (χ4v) is 3.90. The van der Waals surface area contributed by atoms with Gasteiger partial charge in [0, 0.05) is 43.8 Å². The number of carbonyl (C=O) groups is 1. The summed E-state index contributed by atoms with van der Waals surface area (Å²) in [5.74, 6) is 0.483. The fraction of sp³-hybridized carbons (Fsp3) is 0.409. The van der Waals surface area contributed by atoms with Gasteiger partial charge in [-0.25, -0.2) is 4.79 Å². The lowest BCUT2D eigenvalue weighted by Gasteiger charge is -2.37. The molecule has 1 aliphatic carbocycles. The maximum atomic E-state index is 12.6. The van der Waals surface area contributed by atoms with Crippen molar-refractivity contribution < 1.29 is 4.79 Å². The summed E-state index contributed by atoms with van der Waals surface area (Å²) in [5, 5.41) is 3.22. The van der Waals surface area contributed by atoms with Crippen molar-refractivity contribution in [2.24, 2.45) is 0 Å². The smallest absolute Gasteiger partial charge is 0.317 e. The lowest BCUT2D eigenvalue weighted by molar-refractivity contribution is 0.193. The summed E-state index contributed by atoms with van der Waals surface area (Å²) in [6, 6.07) is 17.3. The number of hydrogen-bond acceptors (Lipinski definition) is 2. The van der Waals surface area contributed by atoms with Crippen molar-refractivity contribution in [1.29, 1.82) is 0 Å². The van der Waals surface area contributed by atoms with Crippen LogP contribution in [0.3, 0.4) is 0 Å². The zero-order chi connectivity index (χ0) is 18.1. The van der Waals surface area contributed by atoms with Gasteiger partial charge in [-0.3, -0.25) is 0 Å². The Morgan fingerprint density at radius 3 is 2.42 bits per heavy atom. The summed E-state index contributed by atoms with van der Waals surface area (Å²) in [4.78, 5) is 16.9. The van der Waals surface area contributed by atoms with Gasteiger partial charge in [-0.2, -0.15) is 0 Å². The maximum Gasteiger partial charge on any atom is 0.317 e. The predicted octanol–water partition coefficient (Wildman–Crippen LogP) is 3.69. The summed E-state index contributed by atoms with van der Waals surface area (Å²) in [6.45, 7) is 7.68. The minimum atomic E-state index is 0.0917. The van der Waals surface area contributed by atoms with Gasteiger partial charge >= 0.3 is 6.03 Å². The predicted molar refractivity (Wildman–Crippen MR) is 106 cm³/mol. The van der Waals surface area contributed by atoms with Crippen LogP contribution < -0.4 is 10.2 Å². The molecule has 4 nitrogen and oxygen atoms in total. The Balaban J connectivity index is 1.30. The quantitative estimate of drug-likeness (QED) is 0.917. The van der Waals surface area contributed by atoms with E-state index in [1.807, 2.05) is 11.0 Å². The number of rotatable bonds is 3. The van der Waals surface area contributed by atoms with Gasteiger partial charge in [-0.05, 0) is 43.0 Å². The molecular formula is C22H27N3O. The van der Waals surface area contributed by atoms with Crippen LogP contribution in [-0.2, 0) is 0 Å². The van der Waals surface area contributed by atoms with Gasteiger partial charge in [0.1, 0.15) is 0 Å². The molecule has 136 valence electrons. The van der Waals surface area contributed by atoms with Crippen LogP contribution in [0.15, 0.2) is 48.5 Å². The van der Waals surface area contributed by atoms with E-state index in [9.17, 15) is 4.79 Å². The first-order valence-electron chi connectivity index (χ1n) is 9.55. The number of urea groups is 1. The Labute approximate surface area is 155 Å². The molecule has 1 N–H and O–H groups in total. The van der Waals surface area contributed by atoms with Crippen LogP contribution in [-0.4, -0.2) is 43.2 Å². The molecule has 2 fully saturated rings. The van der Waals surface area contributed by atoms with Crippen molar-refractivity contribution in [2.45, 2.75) is 32.2 Å². The van der Waals surface area contributed by atoms with Crippen LogP contribution in [0, 0.1) is 13.8 Å². The molecule has 1 saturated heterocycles. The fourth-order valence-electron chi connectivity index (χ4n) is 3.90. The summed E-state index contributed by atoms with van der Waals surface area (Å²) in [6.07, 6.45) is 1.05. The zero-order valence-corrected chi connectivity index (χ0v) is 15.6. The van der Waals surface area contributed by atoms with Gasteiger partial charge in [-0.15, -0.1) is 0 Å². The van der Waals surface area contributed by atoms with E-state index in [1.165, 1.54) is 22.4 Å². The number of benzene rings is 2. The molecule has 1 saturated carbocycles. The van der Waals surface area contributed by atoms with Crippen molar-refractivity contribution >= 4 is 11.7 Å². The standard InChI is InChI=1S/C22H27N3O/c1-16-7-6-10-21(17(16)2)24-11-13-25(14-12-24)22(26)23-20-15-19(20)18-8-4-3-5-9-18/h3-10,19-20H,11-15H2,1-2H3,(H,23,26). The first kappa shape index (κ1) is 17.0. The minimum Gasteiger partial charge on any atom is -0.368 e. The second-order valence-corrected chi connectivity index (χ2v) is 7.50. The highest BCUT2D eigenvalue weighted by Crippen LogP contribution is 2.40. The van der Waals surface area contributed by atoms with Gasteiger partial charge in [0.25, 0.3) is 0 Å². The SMILES string of the molecule is Cc1cccc(N2CCN(C(=O)NC3CC3c3ccccc3)CC2)c1C. The molecule has 2 unspecified atom stereocenters. The van der Waals surface area contributed by atoms with Crippen LogP contribution >= 0.6 is 0 Å². The number of piperazine rings is 1. The lowest BCUT2D eigenvalue weighted by atomic mass is 10.1. The average Bonchev–Trinajstić information content (AvgIpc) is 3.44. The molecule has 0 radical (unpaired) electrons. The summed E-state index contributed by atoms with van der Waals surface area (Å²) in [7, 11) is 0. The number of hydrogen-bond donors (Lipinski definition) is 1.